The lowest BCUT2D eigenvalue weighted by Gasteiger charge is -2.25. The van der Waals surface area contributed by atoms with E-state index in [0.29, 0.717) is 111 Å². The number of halogens is 3. The van der Waals surface area contributed by atoms with Gasteiger partial charge in [0.2, 0.25) is 5.95 Å². The number of aromatic nitrogens is 11. The van der Waals surface area contributed by atoms with E-state index in [1.165, 1.54) is 52.2 Å². The molecule has 19 nitrogen and oxygen atoms in total. The van der Waals surface area contributed by atoms with Gasteiger partial charge in [-0.25, -0.2) is 43.1 Å². The molecule has 12 heterocycles. The largest absolute Gasteiger partial charge is 0.368 e. The number of aryl methyl sites for hydroxylation is 2. The van der Waals surface area contributed by atoms with E-state index >= 15 is 0 Å². The first-order valence-corrected chi connectivity index (χ1v) is 34.9. The summed E-state index contributed by atoms with van der Waals surface area (Å²) in [6.07, 6.45) is 19.2. The Hall–Kier alpha value is -10.4. The van der Waals surface area contributed by atoms with Crippen molar-refractivity contribution in [3.63, 3.8) is 0 Å². The fraction of sp³-hybridized carbons (Fsp3) is 0.250. The summed E-state index contributed by atoms with van der Waals surface area (Å²) >= 11 is 4.29. The molecule has 4 aromatic carbocycles. The van der Waals surface area contributed by atoms with Crippen LogP contribution in [-0.4, -0.2) is 136 Å². The molecule has 16 rings (SSSR count). The Morgan fingerprint density at radius 2 is 0.948 bits per heavy atom. The zero-order valence-electron chi connectivity index (χ0n) is 53.1. The maximum Gasteiger partial charge on any atom is 0.273 e. The maximum absolute atomic E-state index is 14.7. The van der Waals surface area contributed by atoms with Crippen molar-refractivity contribution >= 4 is 78.4 Å². The molecular formula is C72H67F3N16O3S3. The third kappa shape index (κ3) is 13.4. The first kappa shape index (κ1) is 64.0. The van der Waals surface area contributed by atoms with Crippen LogP contribution in [0.5, 0.6) is 0 Å². The van der Waals surface area contributed by atoms with E-state index in [-0.39, 0.29) is 53.3 Å². The number of anilines is 2. The minimum absolute atomic E-state index is 0.00499. The van der Waals surface area contributed by atoms with Gasteiger partial charge in [-0.15, -0.1) is 34.0 Å². The number of imidazole rings is 3. The Morgan fingerprint density at radius 1 is 0.505 bits per heavy atom. The van der Waals surface area contributed by atoms with Crippen LogP contribution < -0.4 is 10.6 Å². The van der Waals surface area contributed by atoms with Crippen molar-refractivity contribution in [1.29, 1.82) is 0 Å². The molecule has 3 saturated heterocycles. The van der Waals surface area contributed by atoms with Crippen LogP contribution in [0.25, 0.3) is 59.9 Å². The number of likely N-dealkylation sites (tertiary alicyclic amines) is 3. The third-order valence-electron chi connectivity index (χ3n) is 17.8. The van der Waals surface area contributed by atoms with Gasteiger partial charge >= 0.3 is 0 Å². The molecule has 3 atom stereocenters. The molecule has 3 amide bonds. The quantitative estimate of drug-likeness (QED) is 0.0931. The van der Waals surface area contributed by atoms with E-state index in [1.807, 2.05) is 134 Å². The predicted molar refractivity (Wildman–Crippen MR) is 373 cm³/mol. The molecule has 0 saturated carbocycles. The summed E-state index contributed by atoms with van der Waals surface area (Å²) in [5, 5.41) is 17.0. The number of nitrogens with one attached hydrogen (secondary N) is 2. The van der Waals surface area contributed by atoms with Gasteiger partial charge in [-0.3, -0.25) is 32.3 Å². The minimum atomic E-state index is -0.389. The van der Waals surface area contributed by atoms with Crippen molar-refractivity contribution in [3.8, 4) is 45.0 Å². The fourth-order valence-electron chi connectivity index (χ4n) is 12.9. The second-order valence-electron chi connectivity index (χ2n) is 24.0. The molecule has 0 bridgehead atoms. The number of benzene rings is 4. The van der Waals surface area contributed by atoms with Gasteiger partial charge in [-0.2, -0.15) is 5.10 Å². The molecule has 2 N–H and O–H groups in total. The lowest BCUT2D eigenvalue weighted by molar-refractivity contribution is 0.0712. The van der Waals surface area contributed by atoms with E-state index in [2.05, 4.69) is 47.5 Å². The number of carbonyl (C=O) groups excluding carboxylic acids is 3. The molecule has 0 unspecified atom stereocenters. The van der Waals surface area contributed by atoms with Crippen molar-refractivity contribution in [3.05, 3.63) is 227 Å². The average molecular weight is 1360 g/mol. The molecule has 9 aromatic heterocycles. The number of pyridine rings is 1. The van der Waals surface area contributed by atoms with Gasteiger partial charge in [-0.05, 0) is 112 Å². The summed E-state index contributed by atoms with van der Waals surface area (Å²) in [7, 11) is 0. The lowest BCUT2D eigenvalue weighted by Crippen LogP contribution is -2.40. The van der Waals surface area contributed by atoms with E-state index in [9.17, 15) is 27.6 Å². The lowest BCUT2D eigenvalue weighted by atomic mass is 10.1. The van der Waals surface area contributed by atoms with Gasteiger partial charge < -0.3 is 25.3 Å². The SMILES string of the molecule is CCc1cnc(NC[C@@H]2CCCN2C(=O)c2c(-c3ccccc3F)nc3sccn23)nc1.Cc1ccc(NC[C@@H]2CCCN2C(=O)c2c(-c3ccccc3F)nc3sccn23)nc1.O=C(c1c(-c2ccccc2F)nc2sccn12)N1CCC[C@H]1Cn1ccc(-c2ccccc2)n1. The summed E-state index contributed by atoms with van der Waals surface area (Å²) in [6, 6.07) is 35.4. The number of amides is 3. The highest BCUT2D eigenvalue weighted by Gasteiger charge is 2.37. The number of rotatable bonds is 16. The van der Waals surface area contributed by atoms with Crippen LogP contribution in [0.4, 0.5) is 24.9 Å². The van der Waals surface area contributed by atoms with Crippen LogP contribution >= 0.6 is 34.0 Å². The maximum atomic E-state index is 14.7. The molecule has 0 radical (unpaired) electrons. The normalized spacial score (nSPS) is 16.1. The third-order valence-corrected chi connectivity index (χ3v) is 20.1. The van der Waals surface area contributed by atoms with Crippen LogP contribution in [0.2, 0.25) is 0 Å². The minimum Gasteiger partial charge on any atom is -0.368 e. The zero-order valence-corrected chi connectivity index (χ0v) is 55.5. The van der Waals surface area contributed by atoms with Crippen molar-refractivity contribution in [2.75, 3.05) is 43.4 Å². The van der Waals surface area contributed by atoms with Crippen LogP contribution in [0.3, 0.4) is 0 Å². The highest BCUT2D eigenvalue weighted by molar-refractivity contribution is 7.15. The molecule has 3 aliphatic rings. The second-order valence-corrected chi connectivity index (χ2v) is 26.6. The summed E-state index contributed by atoms with van der Waals surface area (Å²) in [5.41, 5.74) is 7.60. The Morgan fingerprint density at radius 3 is 1.40 bits per heavy atom. The fourth-order valence-corrected chi connectivity index (χ4v) is 15.0. The molecule has 0 spiro atoms. The van der Waals surface area contributed by atoms with Crippen LogP contribution in [0, 0.1) is 24.4 Å². The van der Waals surface area contributed by atoms with Crippen molar-refractivity contribution in [2.24, 2.45) is 0 Å². The molecule has 0 aliphatic carbocycles. The van der Waals surface area contributed by atoms with Gasteiger partial charge in [0, 0.05) is 127 Å². The van der Waals surface area contributed by atoms with Gasteiger partial charge in [-0.1, -0.05) is 79.7 Å². The molecule has 25 heteroatoms. The van der Waals surface area contributed by atoms with E-state index in [0.717, 1.165) is 73.1 Å². The Bertz CT molecular complexity index is 4930. The molecular weight excluding hydrogens is 1290 g/mol. The zero-order chi connectivity index (χ0) is 66.5. The highest BCUT2D eigenvalue weighted by atomic mass is 32.1. The molecule has 3 fully saturated rings. The Balaban J connectivity index is 0.000000125. The summed E-state index contributed by atoms with van der Waals surface area (Å²) < 4.78 is 51.0. The summed E-state index contributed by atoms with van der Waals surface area (Å²) in [5.74, 6) is -0.190. The van der Waals surface area contributed by atoms with Crippen molar-refractivity contribution < 1.29 is 27.6 Å². The van der Waals surface area contributed by atoms with Gasteiger partial charge in [0.05, 0.1) is 18.3 Å². The Kier molecular flexibility index (Phi) is 18.8. The van der Waals surface area contributed by atoms with Crippen LogP contribution in [0.15, 0.2) is 181 Å². The second kappa shape index (κ2) is 28.5. The van der Waals surface area contributed by atoms with Gasteiger partial charge in [0.15, 0.2) is 14.9 Å². The van der Waals surface area contributed by atoms with Gasteiger partial charge in [0.1, 0.15) is 57.4 Å². The Labute approximate surface area is 568 Å². The summed E-state index contributed by atoms with van der Waals surface area (Å²) in [6.45, 7) is 7.81. The smallest absolute Gasteiger partial charge is 0.273 e. The topological polar surface area (TPSA) is 193 Å². The van der Waals surface area contributed by atoms with E-state index in [4.69, 9.17) is 5.10 Å². The number of fused-ring (bicyclic) bond motifs is 3. The van der Waals surface area contributed by atoms with Crippen molar-refractivity contribution in [2.45, 2.75) is 83.5 Å². The van der Waals surface area contributed by atoms with Gasteiger partial charge in [0.25, 0.3) is 17.7 Å². The number of carbonyl (C=O) groups is 3. The molecule has 3 aliphatic heterocycles. The first-order chi connectivity index (χ1) is 47.5. The predicted octanol–water partition coefficient (Wildman–Crippen LogP) is 14.3. The standard InChI is InChI=1S/C26H22FN5OS.C23H23FN6OS.C23H22FN5OS/c27-21-11-5-4-10-20(21)23-24(32-15-16-34-26(32)28-23)25(33)31-13-6-9-19(31)17-30-14-12-22(29-30)18-7-2-1-3-8-18;1-2-15-12-25-22(26-13-15)27-14-16-6-5-9-29(16)21(31)20-19(17-7-3-4-8-18(17)24)28-23-30(20)10-11-32-23;1-15-8-9-19(25-13-15)26-14-16-5-4-10-28(16)22(30)21-20(17-6-2-3-7-18(17)24)27-23-29(21)11-12-31-23/h1-5,7-8,10-12,14-16,19H,6,9,13,17H2;3-4,7-8,10-13,16H,2,5-6,9,14H2,1H3,(H,25,26,27);2-3,6-9,11-13,16H,4-5,10,14H2,1H3,(H,25,26)/t19-;2*16-/m000/s1. The summed E-state index contributed by atoms with van der Waals surface area (Å²) in [4.78, 5) is 75.8. The molecule has 492 valence electrons. The number of hydrogen-bond donors (Lipinski definition) is 2. The van der Waals surface area contributed by atoms with Crippen LogP contribution in [0.1, 0.15) is 88.0 Å². The number of thiazole rings is 3. The van der Waals surface area contributed by atoms with Crippen molar-refractivity contribution in [1.82, 2.24) is 67.6 Å². The highest BCUT2D eigenvalue weighted by Crippen LogP contribution is 2.36. The molecule has 97 heavy (non-hydrogen) atoms. The molecule has 13 aromatic rings. The first-order valence-electron chi connectivity index (χ1n) is 32.3. The van der Waals surface area contributed by atoms with Crippen LogP contribution in [-0.2, 0) is 13.0 Å². The van der Waals surface area contributed by atoms with E-state index in [1.54, 1.807) is 67.8 Å². The number of hydrogen-bond acceptors (Lipinski definition) is 15. The number of nitrogens with zero attached hydrogens (tertiary/aromatic N) is 14. The average Bonchev–Trinajstić information content (AvgIpc) is 1.62. The monoisotopic (exact) mass is 1360 g/mol. The van der Waals surface area contributed by atoms with E-state index < -0.39 is 0 Å².